The highest BCUT2D eigenvalue weighted by Gasteiger charge is 2.24. The number of hydrogen-bond acceptors (Lipinski definition) is 5. The second-order valence-electron chi connectivity index (χ2n) is 7.02. The Bertz CT molecular complexity index is 1390. The number of esters is 1. The van der Waals surface area contributed by atoms with Crippen molar-refractivity contribution < 1.29 is 14.3 Å². The van der Waals surface area contributed by atoms with E-state index in [4.69, 9.17) is 16.3 Å². The molecule has 2 N–H and O–H groups in total. The van der Waals surface area contributed by atoms with Gasteiger partial charge >= 0.3 is 5.97 Å². The van der Waals surface area contributed by atoms with Gasteiger partial charge in [-0.2, -0.15) is 0 Å². The van der Waals surface area contributed by atoms with Crippen molar-refractivity contribution in [2.24, 2.45) is 0 Å². The lowest BCUT2D eigenvalue weighted by Crippen LogP contribution is -2.22. The Balaban J connectivity index is 1.75. The molecular formula is C24H19ClN2O4S. The van der Waals surface area contributed by atoms with Gasteiger partial charge in [-0.15, -0.1) is 11.3 Å². The number of pyridine rings is 1. The number of benzene rings is 2. The smallest absolute Gasteiger partial charge is 0.341 e. The van der Waals surface area contributed by atoms with Gasteiger partial charge in [0.2, 0.25) is 5.43 Å². The van der Waals surface area contributed by atoms with Crippen LogP contribution in [0.2, 0.25) is 5.02 Å². The summed E-state index contributed by atoms with van der Waals surface area (Å²) in [7, 11) is 0. The highest BCUT2D eigenvalue weighted by atomic mass is 35.5. The zero-order chi connectivity index (χ0) is 22.8. The van der Waals surface area contributed by atoms with Crippen molar-refractivity contribution in [3.05, 3.63) is 86.0 Å². The monoisotopic (exact) mass is 466 g/mol. The summed E-state index contributed by atoms with van der Waals surface area (Å²) in [4.78, 5) is 41.7. The van der Waals surface area contributed by atoms with Gasteiger partial charge in [0.05, 0.1) is 12.1 Å². The molecular weight excluding hydrogens is 448 g/mol. The number of H-pyrrole nitrogens is 1. The van der Waals surface area contributed by atoms with E-state index in [9.17, 15) is 14.4 Å². The fraction of sp³-hybridized carbons (Fsp3) is 0.125. The van der Waals surface area contributed by atoms with Gasteiger partial charge in [0.15, 0.2) is 0 Å². The molecule has 0 radical (unpaired) electrons. The molecule has 0 atom stereocenters. The Labute approximate surface area is 192 Å². The van der Waals surface area contributed by atoms with E-state index in [2.05, 4.69) is 10.3 Å². The first-order valence-corrected chi connectivity index (χ1v) is 11.1. The number of hydrogen-bond donors (Lipinski definition) is 2. The third-order valence-electron chi connectivity index (χ3n) is 5.08. The lowest BCUT2D eigenvalue weighted by atomic mass is 10.0. The Morgan fingerprint density at radius 3 is 2.62 bits per heavy atom. The van der Waals surface area contributed by atoms with E-state index in [1.807, 2.05) is 30.3 Å². The molecule has 2 aromatic heterocycles. The Morgan fingerprint density at radius 2 is 1.91 bits per heavy atom. The van der Waals surface area contributed by atoms with Crippen LogP contribution in [0.3, 0.4) is 0 Å². The SMILES string of the molecule is CCOC(=O)c1c(-c2ccccc2)csc1NC(=O)c1c[nH]c2c(C)c(Cl)ccc2c1=O. The summed E-state index contributed by atoms with van der Waals surface area (Å²) in [6, 6.07) is 12.6. The summed E-state index contributed by atoms with van der Waals surface area (Å²) in [5, 5.41) is 5.71. The van der Waals surface area contributed by atoms with E-state index in [1.54, 1.807) is 31.4 Å². The van der Waals surface area contributed by atoms with Gasteiger partial charge in [0, 0.05) is 27.5 Å². The number of ether oxygens (including phenoxy) is 1. The van der Waals surface area contributed by atoms with E-state index >= 15 is 0 Å². The van der Waals surface area contributed by atoms with Crippen molar-refractivity contribution in [2.75, 3.05) is 11.9 Å². The van der Waals surface area contributed by atoms with Crippen LogP contribution in [0.1, 0.15) is 33.2 Å². The van der Waals surface area contributed by atoms with Gasteiger partial charge in [0.1, 0.15) is 16.1 Å². The predicted molar refractivity (Wildman–Crippen MR) is 128 cm³/mol. The fourth-order valence-corrected chi connectivity index (χ4v) is 4.55. The lowest BCUT2D eigenvalue weighted by Gasteiger charge is -2.10. The van der Waals surface area contributed by atoms with Gasteiger partial charge in [-0.3, -0.25) is 9.59 Å². The largest absolute Gasteiger partial charge is 0.462 e. The Hall–Kier alpha value is -3.42. The zero-order valence-corrected chi connectivity index (χ0v) is 18.9. The standard InChI is InChI=1S/C24H19ClN2O4S/c1-3-31-24(30)19-17(14-7-5-4-6-8-14)12-32-23(19)27-22(29)16-11-26-20-13(2)18(25)10-9-15(20)21(16)28/h4-12H,3H2,1-2H3,(H,26,28)(H,27,29). The number of aromatic amines is 1. The average Bonchev–Trinajstić information content (AvgIpc) is 3.21. The predicted octanol–water partition coefficient (Wildman–Crippen LogP) is 5.65. The fourth-order valence-electron chi connectivity index (χ4n) is 3.44. The molecule has 0 saturated heterocycles. The summed E-state index contributed by atoms with van der Waals surface area (Å²) in [6.45, 7) is 3.71. The van der Waals surface area contributed by atoms with Crippen molar-refractivity contribution in [3.63, 3.8) is 0 Å². The zero-order valence-electron chi connectivity index (χ0n) is 17.3. The molecule has 0 aliphatic rings. The van der Waals surface area contributed by atoms with Gasteiger partial charge in [0.25, 0.3) is 5.91 Å². The van der Waals surface area contributed by atoms with E-state index in [0.29, 0.717) is 26.5 Å². The molecule has 0 unspecified atom stereocenters. The molecule has 4 aromatic rings. The molecule has 1 amide bonds. The van der Waals surface area contributed by atoms with E-state index in [-0.39, 0.29) is 17.7 Å². The second kappa shape index (κ2) is 8.98. The summed E-state index contributed by atoms with van der Waals surface area (Å²) < 4.78 is 5.22. The molecule has 162 valence electrons. The number of rotatable bonds is 5. The number of aromatic nitrogens is 1. The van der Waals surface area contributed by atoms with Crippen LogP contribution in [0, 0.1) is 6.92 Å². The van der Waals surface area contributed by atoms with Crippen molar-refractivity contribution >= 4 is 50.7 Å². The maximum absolute atomic E-state index is 13.0. The molecule has 0 saturated carbocycles. The highest BCUT2D eigenvalue weighted by molar-refractivity contribution is 7.15. The molecule has 0 aliphatic carbocycles. The lowest BCUT2D eigenvalue weighted by molar-refractivity contribution is 0.0529. The van der Waals surface area contributed by atoms with Crippen LogP contribution >= 0.6 is 22.9 Å². The number of carbonyl (C=O) groups excluding carboxylic acids is 2. The minimum atomic E-state index is -0.618. The van der Waals surface area contributed by atoms with Gasteiger partial charge in [-0.05, 0) is 37.1 Å². The first-order chi connectivity index (χ1) is 15.4. The second-order valence-corrected chi connectivity index (χ2v) is 8.31. The van der Waals surface area contributed by atoms with Crippen LogP contribution in [0.5, 0.6) is 0 Å². The average molecular weight is 467 g/mol. The number of fused-ring (bicyclic) bond motifs is 1. The third-order valence-corrected chi connectivity index (χ3v) is 6.38. The van der Waals surface area contributed by atoms with E-state index in [1.165, 1.54) is 17.5 Å². The molecule has 0 spiro atoms. The van der Waals surface area contributed by atoms with Crippen LogP contribution in [-0.2, 0) is 4.74 Å². The van der Waals surface area contributed by atoms with Gasteiger partial charge in [-0.25, -0.2) is 4.79 Å². The number of halogens is 1. The van der Waals surface area contributed by atoms with Gasteiger partial charge in [-0.1, -0.05) is 41.9 Å². The summed E-state index contributed by atoms with van der Waals surface area (Å²) in [6.07, 6.45) is 1.36. The Kier molecular flexibility index (Phi) is 6.12. The molecule has 4 rings (SSSR count). The van der Waals surface area contributed by atoms with Crippen LogP contribution in [0.15, 0.2) is 58.8 Å². The number of amides is 1. The first-order valence-electron chi connectivity index (χ1n) is 9.88. The van der Waals surface area contributed by atoms with E-state index in [0.717, 1.165) is 11.1 Å². The van der Waals surface area contributed by atoms with E-state index < -0.39 is 17.3 Å². The number of carbonyl (C=O) groups is 2. The summed E-state index contributed by atoms with van der Waals surface area (Å²) in [5.41, 5.74) is 2.55. The quantitative estimate of drug-likeness (QED) is 0.372. The van der Waals surface area contributed by atoms with Crippen LogP contribution in [-0.4, -0.2) is 23.5 Å². The van der Waals surface area contributed by atoms with Crippen molar-refractivity contribution in [1.29, 1.82) is 0 Å². The molecule has 32 heavy (non-hydrogen) atoms. The number of nitrogens with one attached hydrogen (secondary N) is 2. The van der Waals surface area contributed by atoms with Crippen molar-refractivity contribution in [2.45, 2.75) is 13.8 Å². The third kappa shape index (κ3) is 3.92. The highest BCUT2D eigenvalue weighted by Crippen LogP contribution is 2.36. The van der Waals surface area contributed by atoms with Crippen LogP contribution < -0.4 is 10.7 Å². The Morgan fingerprint density at radius 1 is 1.16 bits per heavy atom. The molecule has 2 heterocycles. The number of anilines is 1. The minimum absolute atomic E-state index is 0.0660. The maximum Gasteiger partial charge on any atom is 0.341 e. The number of aryl methyl sites for hydroxylation is 1. The van der Waals surface area contributed by atoms with Gasteiger partial charge < -0.3 is 15.0 Å². The topological polar surface area (TPSA) is 88.3 Å². The van der Waals surface area contributed by atoms with Crippen LogP contribution in [0.4, 0.5) is 5.00 Å². The molecule has 8 heteroatoms. The molecule has 2 aromatic carbocycles. The normalized spacial score (nSPS) is 10.8. The van der Waals surface area contributed by atoms with Crippen molar-refractivity contribution in [3.8, 4) is 11.1 Å². The molecule has 6 nitrogen and oxygen atoms in total. The molecule has 0 aliphatic heterocycles. The first kappa shape index (κ1) is 21.8. The number of thiophene rings is 1. The van der Waals surface area contributed by atoms with Crippen molar-refractivity contribution in [1.82, 2.24) is 4.98 Å². The summed E-state index contributed by atoms with van der Waals surface area (Å²) >= 11 is 7.33. The summed E-state index contributed by atoms with van der Waals surface area (Å²) in [5.74, 6) is -1.16. The minimum Gasteiger partial charge on any atom is -0.462 e. The maximum atomic E-state index is 13.0. The van der Waals surface area contributed by atoms with Crippen LogP contribution in [0.25, 0.3) is 22.0 Å². The molecule has 0 fully saturated rings. The molecule has 0 bridgehead atoms.